The van der Waals surface area contributed by atoms with Crippen LogP contribution in [0, 0.1) is 0 Å². The van der Waals surface area contributed by atoms with Crippen molar-refractivity contribution in [3.63, 3.8) is 0 Å². The molecule has 0 spiro atoms. The first-order chi connectivity index (χ1) is 32.8. The Kier molecular flexibility index (Phi) is 8.40. The summed E-state index contributed by atoms with van der Waals surface area (Å²) in [6.45, 7) is 0.488. The predicted octanol–water partition coefficient (Wildman–Crippen LogP) is 4.91. The van der Waals surface area contributed by atoms with Gasteiger partial charge in [-0.25, -0.2) is 9.35 Å². The first-order valence-electron chi connectivity index (χ1n) is 23.3. The molecule has 10 aromatic carbocycles. The molecule has 302 valence electrons. The van der Waals surface area contributed by atoms with E-state index in [1.165, 1.54) is 109 Å². The molecule has 0 saturated carbocycles. The van der Waals surface area contributed by atoms with Crippen LogP contribution in [0.5, 0.6) is 0 Å². The second-order valence-electron chi connectivity index (χ2n) is 18.3. The minimum absolute atomic E-state index is 0.0733. The van der Waals surface area contributed by atoms with E-state index in [1.807, 2.05) is 0 Å². The fourth-order valence-corrected chi connectivity index (χ4v) is 12.3. The Morgan fingerprint density at radius 3 is 0.788 bits per heavy atom. The van der Waals surface area contributed by atoms with E-state index in [-0.39, 0.29) is 26.9 Å². The molecule has 66 heavy (non-hydrogen) atoms. The Morgan fingerprint density at radius 1 is 0.197 bits per heavy atom. The molecule has 0 atom stereocenters. The lowest BCUT2D eigenvalue weighted by molar-refractivity contribution is 0.775. The van der Waals surface area contributed by atoms with E-state index in [2.05, 4.69) is 252 Å². The first kappa shape index (κ1) is 37.4. The Labute approximate surface area is 386 Å². The fraction of sp³-hybridized carbons (Fsp3) is 0. The highest BCUT2D eigenvalue weighted by atomic mass is 15.5. The molecule has 0 unspecified atom stereocenters. The maximum atomic E-state index is 2.52. The third-order valence-electron chi connectivity index (χ3n) is 14.9. The molecule has 0 amide bonds. The van der Waals surface area contributed by atoms with Crippen LogP contribution in [0.1, 0.15) is 0 Å². The maximum Gasteiger partial charge on any atom is 0.240 e. The van der Waals surface area contributed by atoms with Crippen molar-refractivity contribution < 1.29 is 0 Å². The number of hydrogen-bond acceptors (Lipinski definition) is 0. The molecule has 0 saturated heterocycles. The van der Waals surface area contributed by atoms with E-state index < -0.39 is 0 Å². The molecule has 6 heteroatoms. The quantitative estimate of drug-likeness (QED) is 0.219. The summed E-state index contributed by atoms with van der Waals surface area (Å²) in [4.78, 5) is 0. The summed E-state index contributed by atoms with van der Waals surface area (Å²) in [5.74, 6) is 0. The van der Waals surface area contributed by atoms with E-state index in [9.17, 15) is 0 Å². The number of hydrogen-bond donors (Lipinski definition) is 0. The summed E-state index contributed by atoms with van der Waals surface area (Å²) in [5.41, 5.74) is 21.0. The van der Waals surface area contributed by atoms with Crippen LogP contribution in [-0.2, 0) is 0 Å². The molecule has 2 aliphatic rings. The number of aromatic nitrogens is 2. The van der Waals surface area contributed by atoms with E-state index in [4.69, 9.17) is 0 Å². The van der Waals surface area contributed by atoms with Crippen molar-refractivity contribution in [1.29, 1.82) is 0 Å². The zero-order valence-corrected chi connectivity index (χ0v) is 36.3. The van der Waals surface area contributed by atoms with Crippen molar-refractivity contribution in [3.05, 3.63) is 243 Å². The van der Waals surface area contributed by atoms with Gasteiger partial charge in [-0.15, -0.1) is 0 Å². The largest absolute Gasteiger partial charge is 0.248 e. The third-order valence-corrected chi connectivity index (χ3v) is 14.9. The molecular weight excluding hydrogens is 792 g/mol. The standard InChI is InChI=1S/C60H40B4N2/c1-3-19-41(20-4-1)61-49-25-9-13-29-53(49)63(54-30-14-10-26-50(54)61)43-35-37-47-45-23-7-17-33-57(45)65(59(47)39-43)66-58-34-18-8-24-46(58)48-38-36-44(40-60(48)66)64-55-31-15-11-27-51(55)62(42-21-5-2-6-22-42)52-28-12-16-32-56(52)64/h1-40H. The lowest BCUT2D eigenvalue weighted by Gasteiger charge is -2.32. The van der Waals surface area contributed by atoms with Crippen LogP contribution in [0.15, 0.2) is 243 Å². The summed E-state index contributed by atoms with van der Waals surface area (Å²) in [6, 6.07) is 91.1. The predicted molar refractivity (Wildman–Crippen MR) is 287 cm³/mol. The molecule has 2 aromatic heterocycles. The van der Waals surface area contributed by atoms with E-state index in [0.29, 0.717) is 0 Å². The molecule has 12 aromatic rings. The van der Waals surface area contributed by atoms with Crippen molar-refractivity contribution in [2.45, 2.75) is 0 Å². The van der Waals surface area contributed by atoms with Gasteiger partial charge in [0.2, 0.25) is 26.9 Å². The molecular formula is C60H40B4N2. The average molecular weight is 832 g/mol. The molecule has 0 radical (unpaired) electrons. The summed E-state index contributed by atoms with van der Waals surface area (Å²) in [5, 5.41) is 4.99. The summed E-state index contributed by atoms with van der Waals surface area (Å²) in [6.07, 6.45) is 0. The van der Waals surface area contributed by atoms with Crippen molar-refractivity contribution >= 4 is 136 Å². The Hall–Kier alpha value is -7.94. The molecule has 0 fully saturated rings. The topological polar surface area (TPSA) is 9.86 Å². The lowest BCUT2D eigenvalue weighted by atomic mass is 9.21. The molecule has 2 nitrogen and oxygen atoms in total. The minimum atomic E-state index is 0.0733. The molecule has 0 aliphatic carbocycles. The second kappa shape index (κ2) is 14.8. The summed E-state index contributed by atoms with van der Waals surface area (Å²) in [7, 11) is 0. The van der Waals surface area contributed by atoms with Crippen molar-refractivity contribution in [3.8, 4) is 0 Å². The van der Waals surface area contributed by atoms with Crippen LogP contribution in [0.4, 0.5) is 0 Å². The van der Waals surface area contributed by atoms with Crippen molar-refractivity contribution in [2.75, 3.05) is 0 Å². The van der Waals surface area contributed by atoms with Gasteiger partial charge in [0.1, 0.15) is 0 Å². The van der Waals surface area contributed by atoms with Gasteiger partial charge >= 0.3 is 0 Å². The van der Waals surface area contributed by atoms with Crippen LogP contribution in [0.2, 0.25) is 0 Å². The van der Waals surface area contributed by atoms with E-state index >= 15 is 0 Å². The average Bonchev–Trinajstić information content (AvgIpc) is 3.88. The molecule has 14 rings (SSSR count). The van der Waals surface area contributed by atoms with Gasteiger partial charge in [-0.05, 0) is 24.3 Å². The van der Waals surface area contributed by atoms with Gasteiger partial charge in [0.05, 0.1) is 22.1 Å². The summed E-state index contributed by atoms with van der Waals surface area (Å²) < 4.78 is 5.04. The maximum absolute atomic E-state index is 2.52. The van der Waals surface area contributed by atoms with E-state index in [0.717, 1.165) is 0 Å². The van der Waals surface area contributed by atoms with Gasteiger partial charge in [0.15, 0.2) is 0 Å². The first-order valence-corrected chi connectivity index (χ1v) is 23.3. The highest BCUT2D eigenvalue weighted by Gasteiger charge is 2.40. The van der Waals surface area contributed by atoms with Gasteiger partial charge in [-0.1, -0.05) is 284 Å². The number of fused-ring (bicyclic) bond motifs is 10. The van der Waals surface area contributed by atoms with Gasteiger partial charge in [0.25, 0.3) is 0 Å². The molecule has 0 N–H and O–H groups in total. The zero-order valence-electron chi connectivity index (χ0n) is 36.3. The van der Waals surface area contributed by atoms with Gasteiger partial charge in [-0.2, -0.15) is 0 Å². The molecule has 4 heterocycles. The van der Waals surface area contributed by atoms with Crippen molar-refractivity contribution in [2.24, 2.45) is 0 Å². The highest BCUT2D eigenvalue weighted by Crippen LogP contribution is 2.35. The Balaban J connectivity index is 1.01. The normalized spacial score (nSPS) is 13.0. The summed E-state index contributed by atoms with van der Waals surface area (Å²) >= 11 is 0. The lowest BCUT2D eigenvalue weighted by Crippen LogP contribution is -2.74. The van der Waals surface area contributed by atoms with Crippen LogP contribution < -0.4 is 65.6 Å². The molecule has 0 bridgehead atoms. The smallest absolute Gasteiger partial charge is 0.240 e. The minimum Gasteiger partial charge on any atom is -0.248 e. The second-order valence-corrected chi connectivity index (χ2v) is 18.3. The third kappa shape index (κ3) is 5.48. The number of benzene rings is 10. The van der Waals surface area contributed by atoms with Crippen LogP contribution >= 0.6 is 0 Å². The number of nitrogens with zero attached hydrogens (tertiary/aromatic N) is 2. The molecule has 2 aliphatic heterocycles. The van der Waals surface area contributed by atoms with Gasteiger partial charge in [0, 0.05) is 21.5 Å². The zero-order chi connectivity index (χ0) is 43.3. The monoisotopic (exact) mass is 832 g/mol. The number of para-hydroxylation sites is 2. The Bertz CT molecular complexity index is 3520. The van der Waals surface area contributed by atoms with Gasteiger partial charge < -0.3 is 0 Å². The van der Waals surface area contributed by atoms with Gasteiger partial charge in [-0.3, -0.25) is 0 Å². The SMILES string of the molecule is c1ccc(B2c3ccccc3B(c3ccc4c5ccccc5n(-n5c6ccccc6c6ccc(B7c8ccccc8B(c8ccccc8)c8ccccc87)cc65)c4c3)c3ccccc32)cc1. The van der Waals surface area contributed by atoms with E-state index in [1.54, 1.807) is 0 Å². The fourth-order valence-electron chi connectivity index (χ4n) is 12.3. The number of rotatable bonds is 5. The Morgan fingerprint density at radius 2 is 0.455 bits per heavy atom. The van der Waals surface area contributed by atoms with Crippen LogP contribution in [-0.4, -0.2) is 36.2 Å². The van der Waals surface area contributed by atoms with Crippen molar-refractivity contribution in [1.82, 2.24) is 9.35 Å². The van der Waals surface area contributed by atoms with Crippen LogP contribution in [0.3, 0.4) is 0 Å². The highest BCUT2D eigenvalue weighted by molar-refractivity contribution is 7.12. The van der Waals surface area contributed by atoms with Crippen LogP contribution in [0.25, 0.3) is 43.6 Å².